The third-order valence-electron chi connectivity index (χ3n) is 3.62. The molecule has 0 aliphatic carbocycles. The fraction of sp³-hybridized carbons (Fsp3) is 0.150. The van der Waals surface area contributed by atoms with Gasteiger partial charge in [0.25, 0.3) is 5.91 Å². The molecule has 138 valence electrons. The minimum atomic E-state index is -0.942. The first-order valence-electron chi connectivity index (χ1n) is 8.32. The SMILES string of the molecule is CC(OC(=O)c1cccnc1Sc1ccccc1)C(=O)NCc1ccco1. The van der Waals surface area contributed by atoms with E-state index in [1.54, 1.807) is 30.5 Å². The standard InChI is InChI=1S/C20H18N2O4S/c1-14(18(23)22-13-15-7-6-12-25-15)26-20(24)17-10-5-11-21-19(17)27-16-8-3-2-4-9-16/h2-12,14H,13H2,1H3,(H,22,23). The number of benzene rings is 1. The van der Waals surface area contributed by atoms with Crippen molar-refractivity contribution in [2.45, 2.75) is 29.5 Å². The van der Waals surface area contributed by atoms with Crippen LogP contribution in [0.4, 0.5) is 0 Å². The first kappa shape index (κ1) is 18.7. The summed E-state index contributed by atoms with van der Waals surface area (Å²) in [7, 11) is 0. The molecule has 2 heterocycles. The second kappa shape index (κ2) is 9.05. The Balaban J connectivity index is 1.62. The van der Waals surface area contributed by atoms with E-state index in [4.69, 9.17) is 9.15 Å². The molecule has 1 atom stereocenters. The molecule has 0 aliphatic rings. The maximum absolute atomic E-state index is 12.5. The van der Waals surface area contributed by atoms with Crippen molar-refractivity contribution >= 4 is 23.6 Å². The molecule has 0 saturated heterocycles. The normalized spacial score (nSPS) is 11.6. The van der Waals surface area contributed by atoms with Crippen LogP contribution in [-0.4, -0.2) is 23.0 Å². The van der Waals surface area contributed by atoms with Crippen LogP contribution in [0.25, 0.3) is 0 Å². The molecule has 0 bridgehead atoms. The molecule has 0 aliphatic heterocycles. The highest BCUT2D eigenvalue weighted by molar-refractivity contribution is 7.99. The maximum Gasteiger partial charge on any atom is 0.341 e. The number of amides is 1. The molecule has 0 radical (unpaired) electrons. The lowest BCUT2D eigenvalue weighted by Crippen LogP contribution is -2.35. The van der Waals surface area contributed by atoms with Crippen LogP contribution in [0.1, 0.15) is 23.0 Å². The molecule has 1 N–H and O–H groups in total. The van der Waals surface area contributed by atoms with Gasteiger partial charge in [-0.05, 0) is 43.3 Å². The molecule has 3 rings (SSSR count). The number of furan rings is 1. The smallest absolute Gasteiger partial charge is 0.341 e. The molecule has 3 aromatic rings. The summed E-state index contributed by atoms with van der Waals surface area (Å²) < 4.78 is 10.5. The van der Waals surface area contributed by atoms with E-state index < -0.39 is 18.0 Å². The predicted octanol–water partition coefficient (Wildman–Crippen LogP) is 3.69. The van der Waals surface area contributed by atoms with E-state index in [0.29, 0.717) is 16.3 Å². The number of aromatic nitrogens is 1. The van der Waals surface area contributed by atoms with Crippen LogP contribution in [0, 0.1) is 0 Å². The van der Waals surface area contributed by atoms with Crippen LogP contribution in [0.15, 0.2) is 81.4 Å². The lowest BCUT2D eigenvalue weighted by Gasteiger charge is -2.14. The molecule has 0 saturated carbocycles. The zero-order valence-corrected chi connectivity index (χ0v) is 15.4. The third-order valence-corrected chi connectivity index (χ3v) is 4.65. The van der Waals surface area contributed by atoms with Gasteiger partial charge in [-0.3, -0.25) is 4.79 Å². The number of rotatable bonds is 7. The van der Waals surface area contributed by atoms with Gasteiger partial charge in [0.15, 0.2) is 6.10 Å². The molecular formula is C20H18N2O4S. The molecule has 6 nitrogen and oxygen atoms in total. The number of carbonyl (C=O) groups is 2. The number of nitrogens with zero attached hydrogens (tertiary/aromatic N) is 1. The second-order valence-corrected chi connectivity index (χ2v) is 6.68. The van der Waals surface area contributed by atoms with E-state index in [-0.39, 0.29) is 6.54 Å². The van der Waals surface area contributed by atoms with Crippen molar-refractivity contribution in [3.05, 3.63) is 78.4 Å². The topological polar surface area (TPSA) is 81.4 Å². The second-order valence-electron chi connectivity index (χ2n) is 5.62. The third kappa shape index (κ3) is 5.21. The Morgan fingerprint density at radius 2 is 1.96 bits per heavy atom. The fourth-order valence-electron chi connectivity index (χ4n) is 2.24. The Morgan fingerprint density at radius 1 is 1.15 bits per heavy atom. The number of carbonyl (C=O) groups excluding carboxylic acids is 2. The average molecular weight is 382 g/mol. The largest absolute Gasteiger partial charge is 0.467 e. The molecule has 1 amide bonds. The summed E-state index contributed by atoms with van der Waals surface area (Å²) in [6.07, 6.45) is 2.20. The lowest BCUT2D eigenvalue weighted by molar-refractivity contribution is -0.129. The fourth-order valence-corrected chi connectivity index (χ4v) is 3.13. The van der Waals surface area contributed by atoms with Crippen molar-refractivity contribution in [3.8, 4) is 0 Å². The number of hydrogen-bond donors (Lipinski definition) is 1. The zero-order valence-electron chi connectivity index (χ0n) is 14.6. The Bertz CT molecular complexity index is 897. The number of nitrogens with one attached hydrogen (secondary N) is 1. The summed E-state index contributed by atoms with van der Waals surface area (Å²) >= 11 is 1.36. The van der Waals surface area contributed by atoms with Gasteiger partial charge in [-0.1, -0.05) is 30.0 Å². The number of esters is 1. The quantitative estimate of drug-likeness (QED) is 0.628. The summed E-state index contributed by atoms with van der Waals surface area (Å²) in [6, 6.07) is 16.4. The molecule has 2 aromatic heterocycles. The molecule has 1 unspecified atom stereocenters. The van der Waals surface area contributed by atoms with Crippen LogP contribution in [0.2, 0.25) is 0 Å². The van der Waals surface area contributed by atoms with Gasteiger partial charge in [0.1, 0.15) is 10.8 Å². The zero-order chi connectivity index (χ0) is 19.1. The molecular weight excluding hydrogens is 364 g/mol. The lowest BCUT2D eigenvalue weighted by atomic mass is 10.3. The van der Waals surface area contributed by atoms with E-state index in [9.17, 15) is 9.59 Å². The van der Waals surface area contributed by atoms with Gasteiger partial charge in [0.2, 0.25) is 0 Å². The molecule has 27 heavy (non-hydrogen) atoms. The van der Waals surface area contributed by atoms with Crippen molar-refractivity contribution in [1.29, 1.82) is 0 Å². The van der Waals surface area contributed by atoms with Gasteiger partial charge in [-0.25, -0.2) is 9.78 Å². The Kier molecular flexibility index (Phi) is 6.27. The Hall–Kier alpha value is -3.06. The molecule has 0 fully saturated rings. The van der Waals surface area contributed by atoms with Gasteiger partial charge in [-0.15, -0.1) is 0 Å². The van der Waals surface area contributed by atoms with Crippen molar-refractivity contribution in [3.63, 3.8) is 0 Å². The maximum atomic E-state index is 12.5. The monoisotopic (exact) mass is 382 g/mol. The van der Waals surface area contributed by atoms with Crippen molar-refractivity contribution in [1.82, 2.24) is 10.3 Å². The minimum Gasteiger partial charge on any atom is -0.467 e. The Morgan fingerprint density at radius 3 is 2.70 bits per heavy atom. The average Bonchev–Trinajstić information content (AvgIpc) is 3.21. The number of pyridine rings is 1. The first-order valence-corrected chi connectivity index (χ1v) is 9.14. The summed E-state index contributed by atoms with van der Waals surface area (Å²) in [6.45, 7) is 1.76. The van der Waals surface area contributed by atoms with E-state index in [1.807, 2.05) is 30.3 Å². The van der Waals surface area contributed by atoms with Crippen molar-refractivity contribution in [2.75, 3.05) is 0 Å². The minimum absolute atomic E-state index is 0.232. The molecule has 7 heteroatoms. The summed E-state index contributed by atoms with van der Waals surface area (Å²) in [4.78, 5) is 29.9. The highest BCUT2D eigenvalue weighted by atomic mass is 32.2. The first-order chi connectivity index (χ1) is 13.1. The van der Waals surface area contributed by atoms with Crippen LogP contribution < -0.4 is 5.32 Å². The number of hydrogen-bond acceptors (Lipinski definition) is 6. The van der Waals surface area contributed by atoms with Crippen LogP contribution in [0.3, 0.4) is 0 Å². The van der Waals surface area contributed by atoms with Crippen molar-refractivity contribution in [2.24, 2.45) is 0 Å². The summed E-state index contributed by atoms with van der Waals surface area (Å²) in [5.41, 5.74) is 0.317. The molecule has 1 aromatic carbocycles. The predicted molar refractivity (Wildman–Crippen MR) is 100 cm³/mol. The van der Waals surface area contributed by atoms with Crippen LogP contribution in [-0.2, 0) is 16.1 Å². The van der Waals surface area contributed by atoms with E-state index >= 15 is 0 Å². The van der Waals surface area contributed by atoms with Gasteiger partial charge in [0, 0.05) is 11.1 Å². The van der Waals surface area contributed by atoms with E-state index in [1.165, 1.54) is 24.9 Å². The van der Waals surface area contributed by atoms with Crippen LogP contribution in [0.5, 0.6) is 0 Å². The van der Waals surface area contributed by atoms with Gasteiger partial charge >= 0.3 is 5.97 Å². The van der Waals surface area contributed by atoms with Crippen LogP contribution >= 0.6 is 11.8 Å². The summed E-state index contributed by atoms with van der Waals surface area (Å²) in [5.74, 6) is -0.376. The number of ether oxygens (including phenoxy) is 1. The summed E-state index contributed by atoms with van der Waals surface area (Å²) in [5, 5.41) is 3.19. The van der Waals surface area contributed by atoms with Gasteiger partial charge < -0.3 is 14.5 Å². The van der Waals surface area contributed by atoms with Crippen molar-refractivity contribution < 1.29 is 18.7 Å². The van der Waals surface area contributed by atoms with Gasteiger partial charge in [0.05, 0.1) is 18.4 Å². The Labute approximate surface area is 160 Å². The van der Waals surface area contributed by atoms with Gasteiger partial charge in [-0.2, -0.15) is 0 Å². The van der Waals surface area contributed by atoms with E-state index in [2.05, 4.69) is 10.3 Å². The highest BCUT2D eigenvalue weighted by Gasteiger charge is 2.21. The highest BCUT2D eigenvalue weighted by Crippen LogP contribution is 2.28. The van der Waals surface area contributed by atoms with E-state index in [0.717, 1.165) is 4.90 Å². The molecule has 0 spiro atoms.